The topological polar surface area (TPSA) is 114 Å². The molecule has 1 aliphatic rings. The number of rotatable bonds is 9. The summed E-state index contributed by atoms with van der Waals surface area (Å²) in [5.74, 6) is -0.377. The Bertz CT molecular complexity index is 1310. The number of ether oxygens (including phenoxy) is 1. The Morgan fingerprint density at radius 3 is 2.50 bits per heavy atom. The lowest BCUT2D eigenvalue weighted by Gasteiger charge is -2.26. The van der Waals surface area contributed by atoms with Crippen molar-refractivity contribution in [3.05, 3.63) is 65.4 Å². The number of aryl methyl sites for hydroxylation is 3. The maximum Gasteiger partial charge on any atom is 0.259 e. The van der Waals surface area contributed by atoms with E-state index < -0.39 is 10.0 Å². The number of sulfonamides is 1. The zero-order valence-electron chi connectivity index (χ0n) is 20.6. The van der Waals surface area contributed by atoms with Crippen molar-refractivity contribution in [3.8, 4) is 11.3 Å². The number of nitrogens with one attached hydrogen (secondary N) is 1. The first-order chi connectivity index (χ1) is 17.3. The van der Waals surface area contributed by atoms with Gasteiger partial charge in [0.05, 0.1) is 23.7 Å². The van der Waals surface area contributed by atoms with E-state index in [0.29, 0.717) is 61.8 Å². The predicted molar refractivity (Wildman–Crippen MR) is 137 cm³/mol. The maximum absolute atomic E-state index is 13.4. The zero-order chi connectivity index (χ0) is 25.7. The van der Waals surface area contributed by atoms with Crippen LogP contribution in [0, 0.1) is 13.8 Å². The Morgan fingerprint density at radius 2 is 1.81 bits per heavy atom. The van der Waals surface area contributed by atoms with Crippen molar-refractivity contribution in [2.45, 2.75) is 38.1 Å². The van der Waals surface area contributed by atoms with Crippen LogP contribution in [0.15, 0.2) is 53.6 Å². The van der Waals surface area contributed by atoms with Crippen molar-refractivity contribution in [1.82, 2.24) is 14.1 Å². The van der Waals surface area contributed by atoms with E-state index >= 15 is 0 Å². The van der Waals surface area contributed by atoms with Gasteiger partial charge in [-0.15, -0.1) is 0 Å². The highest BCUT2D eigenvalue weighted by Gasteiger charge is 2.28. The first kappa shape index (κ1) is 26.0. The number of benzene rings is 2. The van der Waals surface area contributed by atoms with Crippen LogP contribution in [0.3, 0.4) is 0 Å². The lowest BCUT2D eigenvalue weighted by atomic mass is 10.1. The smallest absolute Gasteiger partial charge is 0.259 e. The van der Waals surface area contributed by atoms with Crippen LogP contribution in [0.1, 0.15) is 34.3 Å². The molecular formula is C26H32N4O5S. The second-order valence-corrected chi connectivity index (χ2v) is 10.8. The molecule has 0 spiro atoms. The van der Waals surface area contributed by atoms with Gasteiger partial charge in [0.25, 0.3) is 5.91 Å². The van der Waals surface area contributed by atoms with Crippen LogP contribution in [-0.2, 0) is 21.3 Å². The van der Waals surface area contributed by atoms with Gasteiger partial charge in [-0.2, -0.15) is 9.40 Å². The molecule has 10 heteroatoms. The molecule has 2 heterocycles. The number of carbonyl (C=O) groups excluding carboxylic acids is 1. The summed E-state index contributed by atoms with van der Waals surface area (Å²) in [5.41, 5.74) is 3.84. The van der Waals surface area contributed by atoms with Crippen LogP contribution in [0.2, 0.25) is 0 Å². The van der Waals surface area contributed by atoms with Crippen molar-refractivity contribution in [2.75, 3.05) is 38.2 Å². The van der Waals surface area contributed by atoms with Gasteiger partial charge in [0.2, 0.25) is 10.0 Å². The van der Waals surface area contributed by atoms with Gasteiger partial charge in [-0.3, -0.25) is 9.48 Å². The number of carbonyl (C=O) groups is 1. The van der Waals surface area contributed by atoms with Crippen molar-refractivity contribution >= 4 is 21.6 Å². The summed E-state index contributed by atoms with van der Waals surface area (Å²) >= 11 is 0. The lowest BCUT2D eigenvalue weighted by molar-refractivity contribution is 0.0730. The monoisotopic (exact) mass is 512 g/mol. The minimum atomic E-state index is -3.71. The zero-order valence-corrected chi connectivity index (χ0v) is 21.4. The number of hydrogen-bond donors (Lipinski definition) is 2. The minimum absolute atomic E-state index is 0.0998. The molecule has 9 nitrogen and oxygen atoms in total. The van der Waals surface area contributed by atoms with Gasteiger partial charge in [-0.25, -0.2) is 8.42 Å². The molecule has 0 atom stereocenters. The number of nitrogens with zero attached hydrogens (tertiary/aromatic N) is 3. The Kier molecular flexibility index (Phi) is 8.20. The molecule has 0 bridgehead atoms. The molecule has 36 heavy (non-hydrogen) atoms. The molecule has 3 aromatic rings. The molecule has 0 aliphatic carbocycles. The highest BCUT2D eigenvalue weighted by atomic mass is 32.2. The summed E-state index contributed by atoms with van der Waals surface area (Å²) in [7, 11) is -3.71. The van der Waals surface area contributed by atoms with E-state index in [9.17, 15) is 13.2 Å². The number of amides is 1. The van der Waals surface area contributed by atoms with E-state index in [0.717, 1.165) is 17.5 Å². The van der Waals surface area contributed by atoms with Crippen LogP contribution in [0.4, 0.5) is 5.69 Å². The number of hydrogen-bond acceptors (Lipinski definition) is 6. The summed E-state index contributed by atoms with van der Waals surface area (Å²) in [6, 6.07) is 12.7. The fraction of sp³-hybridized carbons (Fsp3) is 0.385. The molecule has 1 fully saturated rings. The van der Waals surface area contributed by atoms with E-state index in [1.807, 2.05) is 31.2 Å². The summed E-state index contributed by atoms with van der Waals surface area (Å²) in [6.07, 6.45) is 3.07. The van der Waals surface area contributed by atoms with Gasteiger partial charge in [-0.1, -0.05) is 35.9 Å². The van der Waals surface area contributed by atoms with E-state index in [4.69, 9.17) is 9.84 Å². The van der Waals surface area contributed by atoms with Crippen LogP contribution >= 0.6 is 0 Å². The van der Waals surface area contributed by atoms with E-state index in [-0.39, 0.29) is 17.4 Å². The van der Waals surface area contributed by atoms with Gasteiger partial charge in [0.15, 0.2) is 0 Å². The van der Waals surface area contributed by atoms with Crippen LogP contribution in [-0.4, -0.2) is 66.4 Å². The van der Waals surface area contributed by atoms with Crippen LogP contribution < -0.4 is 5.32 Å². The molecule has 1 aliphatic heterocycles. The fourth-order valence-corrected chi connectivity index (χ4v) is 5.75. The molecule has 2 aromatic carbocycles. The minimum Gasteiger partial charge on any atom is -0.396 e. The van der Waals surface area contributed by atoms with Crippen LogP contribution in [0.25, 0.3) is 11.3 Å². The standard InChI is InChI=1S/C26H32N4O5S/c1-19-5-8-21(9-6-19)25-23(18-29(28-25)11-3-4-14-31)26(32)27-22-10-7-20(2)24(17-22)36(33,34)30-12-15-35-16-13-30/h5-10,17-18,31H,3-4,11-16H2,1-2H3,(H,27,32). The summed E-state index contributed by atoms with van der Waals surface area (Å²) < 4.78 is 34.9. The van der Waals surface area contributed by atoms with Crippen molar-refractivity contribution < 1.29 is 23.1 Å². The van der Waals surface area contributed by atoms with E-state index in [1.165, 1.54) is 10.4 Å². The van der Waals surface area contributed by atoms with E-state index in [1.54, 1.807) is 29.9 Å². The molecule has 1 saturated heterocycles. The van der Waals surface area contributed by atoms with Crippen molar-refractivity contribution in [1.29, 1.82) is 0 Å². The van der Waals surface area contributed by atoms with Gasteiger partial charge in [0.1, 0.15) is 5.69 Å². The third-order valence-corrected chi connectivity index (χ3v) is 8.20. The highest BCUT2D eigenvalue weighted by molar-refractivity contribution is 7.89. The molecule has 1 amide bonds. The SMILES string of the molecule is Cc1ccc(-c2nn(CCCCO)cc2C(=O)Nc2ccc(C)c(S(=O)(=O)N3CCOCC3)c2)cc1. The highest BCUT2D eigenvalue weighted by Crippen LogP contribution is 2.27. The summed E-state index contributed by atoms with van der Waals surface area (Å²) in [4.78, 5) is 13.6. The molecule has 0 unspecified atom stereocenters. The average Bonchev–Trinajstić information content (AvgIpc) is 3.30. The molecule has 2 N–H and O–H groups in total. The average molecular weight is 513 g/mol. The number of aliphatic hydroxyl groups is 1. The second kappa shape index (κ2) is 11.3. The molecular weight excluding hydrogens is 480 g/mol. The normalized spacial score (nSPS) is 14.6. The van der Waals surface area contributed by atoms with Crippen LogP contribution in [0.5, 0.6) is 0 Å². The number of aliphatic hydroxyl groups excluding tert-OH is 1. The predicted octanol–water partition coefficient (Wildman–Crippen LogP) is 3.21. The van der Waals surface area contributed by atoms with Gasteiger partial charge >= 0.3 is 0 Å². The Hall–Kier alpha value is -3.05. The molecule has 0 radical (unpaired) electrons. The third-order valence-electron chi connectivity index (χ3n) is 6.16. The fourth-order valence-electron chi connectivity index (χ4n) is 4.09. The molecule has 0 saturated carbocycles. The number of morpholine rings is 1. The molecule has 192 valence electrons. The first-order valence-corrected chi connectivity index (χ1v) is 13.5. The van der Waals surface area contributed by atoms with Crippen molar-refractivity contribution in [3.63, 3.8) is 0 Å². The van der Waals surface area contributed by atoms with Crippen molar-refractivity contribution in [2.24, 2.45) is 0 Å². The van der Waals surface area contributed by atoms with E-state index in [2.05, 4.69) is 10.4 Å². The Balaban J connectivity index is 1.62. The molecule has 4 rings (SSSR count). The van der Waals surface area contributed by atoms with Gasteiger partial charge in [0, 0.05) is 43.7 Å². The maximum atomic E-state index is 13.4. The third kappa shape index (κ3) is 5.84. The number of anilines is 1. The second-order valence-electron chi connectivity index (χ2n) is 8.90. The lowest BCUT2D eigenvalue weighted by Crippen LogP contribution is -2.40. The largest absolute Gasteiger partial charge is 0.396 e. The molecule has 1 aromatic heterocycles. The van der Waals surface area contributed by atoms with Gasteiger partial charge in [-0.05, 0) is 44.4 Å². The summed E-state index contributed by atoms with van der Waals surface area (Å²) in [6.45, 7) is 5.72. The Labute approximate surface area is 211 Å². The summed E-state index contributed by atoms with van der Waals surface area (Å²) in [5, 5.41) is 16.6. The number of unbranched alkanes of at least 4 members (excludes halogenated alkanes) is 1. The Morgan fingerprint density at radius 1 is 1.08 bits per heavy atom. The van der Waals surface area contributed by atoms with Gasteiger partial charge < -0.3 is 15.2 Å². The quantitative estimate of drug-likeness (QED) is 0.426. The number of aromatic nitrogens is 2. The first-order valence-electron chi connectivity index (χ1n) is 12.0.